The lowest BCUT2D eigenvalue weighted by Gasteiger charge is -2.10. The highest BCUT2D eigenvalue weighted by Crippen LogP contribution is 2.31. The topological polar surface area (TPSA) is 46.5 Å². The number of rotatable bonds is 5. The van der Waals surface area contributed by atoms with E-state index in [4.69, 9.17) is 21.4 Å². The fourth-order valence-electron chi connectivity index (χ4n) is 1.54. The fourth-order valence-corrected chi connectivity index (χ4v) is 3.14. The normalized spacial score (nSPS) is 10.9. The SMILES string of the molecule is O=C(O)/C=C/c1cccc(Cl)c1OCc1cc(Br)cs1. The summed E-state index contributed by atoms with van der Waals surface area (Å²) >= 11 is 11.1. The maximum atomic E-state index is 10.6. The standard InChI is InChI=1S/C14H10BrClO3S/c15-10-6-11(20-8-10)7-19-14-9(4-5-13(17)18)2-1-3-12(14)16/h1-6,8H,7H2,(H,17,18)/b5-4+. The van der Waals surface area contributed by atoms with Gasteiger partial charge in [-0.2, -0.15) is 0 Å². The smallest absolute Gasteiger partial charge is 0.328 e. The molecule has 2 rings (SSSR count). The summed E-state index contributed by atoms with van der Waals surface area (Å²) in [5.41, 5.74) is 0.635. The zero-order valence-electron chi connectivity index (χ0n) is 10.2. The summed E-state index contributed by atoms with van der Waals surface area (Å²) in [4.78, 5) is 11.6. The number of hydrogen-bond donors (Lipinski definition) is 1. The van der Waals surface area contributed by atoms with Gasteiger partial charge in [-0.05, 0) is 34.1 Å². The summed E-state index contributed by atoms with van der Waals surface area (Å²) in [5.74, 6) is -0.533. The Bertz CT molecular complexity index is 652. The molecule has 20 heavy (non-hydrogen) atoms. The molecule has 1 N–H and O–H groups in total. The quantitative estimate of drug-likeness (QED) is 0.763. The van der Waals surface area contributed by atoms with E-state index in [2.05, 4.69) is 15.9 Å². The minimum absolute atomic E-state index is 0.383. The molecule has 0 fully saturated rings. The van der Waals surface area contributed by atoms with Crippen molar-refractivity contribution in [3.8, 4) is 5.75 Å². The van der Waals surface area contributed by atoms with Gasteiger partial charge in [0, 0.05) is 26.4 Å². The molecule has 2 aromatic rings. The lowest BCUT2D eigenvalue weighted by Crippen LogP contribution is -1.96. The summed E-state index contributed by atoms with van der Waals surface area (Å²) in [6.45, 7) is 0.383. The van der Waals surface area contributed by atoms with Crippen molar-refractivity contribution in [2.24, 2.45) is 0 Å². The first-order valence-corrected chi connectivity index (χ1v) is 7.66. The molecule has 6 heteroatoms. The maximum absolute atomic E-state index is 10.6. The molecule has 0 aliphatic carbocycles. The van der Waals surface area contributed by atoms with Crippen molar-refractivity contribution in [1.29, 1.82) is 0 Å². The molecule has 0 aliphatic heterocycles. The largest absolute Gasteiger partial charge is 0.486 e. The highest BCUT2D eigenvalue weighted by atomic mass is 79.9. The third-order valence-corrected chi connectivity index (χ3v) is 4.35. The van der Waals surface area contributed by atoms with Crippen LogP contribution in [0.15, 0.2) is 40.2 Å². The molecule has 0 aliphatic rings. The van der Waals surface area contributed by atoms with Crippen LogP contribution in [0.25, 0.3) is 6.08 Å². The second-order valence-electron chi connectivity index (χ2n) is 3.85. The average Bonchev–Trinajstić information content (AvgIpc) is 2.81. The second-order valence-corrected chi connectivity index (χ2v) is 6.17. The van der Waals surface area contributed by atoms with Crippen molar-refractivity contribution >= 4 is 50.9 Å². The monoisotopic (exact) mass is 372 g/mol. The summed E-state index contributed by atoms with van der Waals surface area (Å²) in [6, 6.07) is 7.18. The van der Waals surface area contributed by atoms with Crippen LogP contribution in [0, 0.1) is 0 Å². The molecule has 0 saturated carbocycles. The molecule has 0 radical (unpaired) electrons. The van der Waals surface area contributed by atoms with Gasteiger partial charge in [0.05, 0.1) is 5.02 Å². The number of para-hydroxylation sites is 1. The molecule has 0 saturated heterocycles. The summed E-state index contributed by atoms with van der Waals surface area (Å²) in [5, 5.41) is 11.1. The minimum Gasteiger partial charge on any atom is -0.486 e. The van der Waals surface area contributed by atoms with Gasteiger partial charge in [-0.1, -0.05) is 23.7 Å². The lowest BCUT2D eigenvalue weighted by molar-refractivity contribution is -0.131. The van der Waals surface area contributed by atoms with E-state index >= 15 is 0 Å². The van der Waals surface area contributed by atoms with Crippen LogP contribution in [0.1, 0.15) is 10.4 Å². The molecule has 0 spiro atoms. The second kappa shape index (κ2) is 6.92. The Kier molecular flexibility index (Phi) is 5.23. The zero-order chi connectivity index (χ0) is 14.5. The van der Waals surface area contributed by atoms with Crippen LogP contribution in [0.3, 0.4) is 0 Å². The van der Waals surface area contributed by atoms with E-state index in [1.807, 2.05) is 11.4 Å². The van der Waals surface area contributed by atoms with E-state index in [0.717, 1.165) is 15.4 Å². The third-order valence-electron chi connectivity index (χ3n) is 2.38. The van der Waals surface area contributed by atoms with E-state index in [9.17, 15) is 4.79 Å². The average molecular weight is 374 g/mol. The van der Waals surface area contributed by atoms with E-state index in [0.29, 0.717) is 22.9 Å². The van der Waals surface area contributed by atoms with Gasteiger partial charge in [-0.15, -0.1) is 11.3 Å². The molecular formula is C14H10BrClO3S. The van der Waals surface area contributed by atoms with Gasteiger partial charge in [0.15, 0.2) is 0 Å². The summed E-state index contributed by atoms with van der Waals surface area (Å²) in [7, 11) is 0. The number of hydrogen-bond acceptors (Lipinski definition) is 3. The van der Waals surface area contributed by atoms with Crippen molar-refractivity contribution in [3.05, 3.63) is 55.7 Å². The van der Waals surface area contributed by atoms with Crippen molar-refractivity contribution < 1.29 is 14.6 Å². The predicted molar refractivity (Wildman–Crippen MR) is 84.5 cm³/mol. The Morgan fingerprint density at radius 1 is 1.50 bits per heavy atom. The van der Waals surface area contributed by atoms with Gasteiger partial charge in [-0.25, -0.2) is 4.79 Å². The zero-order valence-corrected chi connectivity index (χ0v) is 13.3. The van der Waals surface area contributed by atoms with Crippen LogP contribution < -0.4 is 4.74 Å². The number of carboxylic acids is 1. The number of ether oxygens (including phenoxy) is 1. The van der Waals surface area contributed by atoms with Crippen LogP contribution in [0.5, 0.6) is 5.75 Å². The van der Waals surface area contributed by atoms with Crippen LogP contribution in [-0.4, -0.2) is 11.1 Å². The van der Waals surface area contributed by atoms with Gasteiger partial charge in [-0.3, -0.25) is 0 Å². The Hall–Kier alpha value is -1.30. The van der Waals surface area contributed by atoms with Crippen LogP contribution >= 0.6 is 38.9 Å². The van der Waals surface area contributed by atoms with Gasteiger partial charge in [0.2, 0.25) is 0 Å². The molecule has 0 unspecified atom stereocenters. The van der Waals surface area contributed by atoms with E-state index in [1.54, 1.807) is 29.5 Å². The van der Waals surface area contributed by atoms with Crippen LogP contribution in [0.4, 0.5) is 0 Å². The molecular weight excluding hydrogens is 364 g/mol. The molecule has 0 bridgehead atoms. The first-order valence-electron chi connectivity index (χ1n) is 5.61. The Balaban J connectivity index is 2.19. The van der Waals surface area contributed by atoms with Crippen molar-refractivity contribution in [2.45, 2.75) is 6.61 Å². The third kappa shape index (κ3) is 4.10. The molecule has 1 aromatic carbocycles. The molecule has 1 heterocycles. The maximum Gasteiger partial charge on any atom is 0.328 e. The van der Waals surface area contributed by atoms with Crippen molar-refractivity contribution in [2.75, 3.05) is 0 Å². The van der Waals surface area contributed by atoms with Gasteiger partial charge in [0.25, 0.3) is 0 Å². The Labute approximate surface area is 133 Å². The highest BCUT2D eigenvalue weighted by Gasteiger charge is 2.08. The van der Waals surface area contributed by atoms with E-state index in [-0.39, 0.29) is 0 Å². The van der Waals surface area contributed by atoms with E-state index in [1.165, 1.54) is 6.08 Å². The van der Waals surface area contributed by atoms with Crippen molar-refractivity contribution in [1.82, 2.24) is 0 Å². The molecule has 3 nitrogen and oxygen atoms in total. The summed E-state index contributed by atoms with van der Waals surface area (Å²) in [6.07, 6.45) is 2.52. The number of carbonyl (C=O) groups is 1. The van der Waals surface area contributed by atoms with Crippen LogP contribution in [-0.2, 0) is 11.4 Å². The van der Waals surface area contributed by atoms with E-state index < -0.39 is 5.97 Å². The Morgan fingerprint density at radius 3 is 2.95 bits per heavy atom. The first-order chi connectivity index (χ1) is 9.56. The fraction of sp³-hybridized carbons (Fsp3) is 0.0714. The van der Waals surface area contributed by atoms with Gasteiger partial charge < -0.3 is 9.84 Å². The number of halogens is 2. The summed E-state index contributed by atoms with van der Waals surface area (Å²) < 4.78 is 6.72. The molecule has 1 aromatic heterocycles. The number of benzene rings is 1. The van der Waals surface area contributed by atoms with Gasteiger partial charge >= 0.3 is 5.97 Å². The van der Waals surface area contributed by atoms with Gasteiger partial charge in [0.1, 0.15) is 12.4 Å². The van der Waals surface area contributed by atoms with Crippen molar-refractivity contribution in [3.63, 3.8) is 0 Å². The predicted octanol–water partition coefficient (Wildman–Crippen LogP) is 4.84. The number of thiophene rings is 1. The number of carboxylic acid groups (broad SMARTS) is 1. The first kappa shape index (κ1) is 15.1. The Morgan fingerprint density at radius 2 is 2.30 bits per heavy atom. The molecule has 104 valence electrons. The van der Waals surface area contributed by atoms with Crippen LogP contribution in [0.2, 0.25) is 5.02 Å². The minimum atomic E-state index is -1.02. The highest BCUT2D eigenvalue weighted by molar-refractivity contribution is 9.10. The molecule has 0 amide bonds. The number of aliphatic carboxylic acids is 1. The molecule has 0 atom stereocenters. The lowest BCUT2D eigenvalue weighted by atomic mass is 10.2.